The highest BCUT2D eigenvalue weighted by Gasteiger charge is 2.07. The molecule has 0 bridgehead atoms. The number of hydrogen-bond donors (Lipinski definition) is 0. The molecule has 5 heteroatoms. The van der Waals surface area contributed by atoms with E-state index in [-0.39, 0.29) is 11.0 Å². The van der Waals surface area contributed by atoms with Crippen LogP contribution in [0.4, 0.5) is 4.39 Å². The summed E-state index contributed by atoms with van der Waals surface area (Å²) in [6.07, 6.45) is 3.00. The van der Waals surface area contributed by atoms with Crippen LogP contribution in [0.15, 0.2) is 35.1 Å². The zero-order valence-corrected chi connectivity index (χ0v) is 9.76. The second-order valence-corrected chi connectivity index (χ2v) is 4.13. The third-order valence-corrected chi connectivity index (χ3v) is 2.52. The Balaban J connectivity index is 2.59. The minimum atomic E-state index is -0.346. The normalized spacial score (nSPS) is 10.3. The molecule has 1 heterocycles. The molecule has 0 saturated heterocycles. The Morgan fingerprint density at radius 1 is 1.13 bits per heavy atom. The summed E-state index contributed by atoms with van der Waals surface area (Å²) >= 11 is 9.06. The zero-order valence-electron chi connectivity index (χ0n) is 7.42. The molecule has 2 aromatic rings. The summed E-state index contributed by atoms with van der Waals surface area (Å²) in [5, 5.41) is 0.259. The largest absolute Gasteiger partial charge is 0.251 e. The Morgan fingerprint density at radius 2 is 1.87 bits per heavy atom. The van der Waals surface area contributed by atoms with Crippen molar-refractivity contribution >= 4 is 27.5 Å². The molecular formula is C10H5BrClFN2. The van der Waals surface area contributed by atoms with E-state index in [0.29, 0.717) is 15.7 Å². The molecule has 0 aliphatic heterocycles. The smallest absolute Gasteiger partial charge is 0.155 e. The van der Waals surface area contributed by atoms with Gasteiger partial charge in [-0.3, -0.25) is 4.98 Å². The minimum Gasteiger partial charge on any atom is -0.251 e. The minimum absolute atomic E-state index is 0.259. The van der Waals surface area contributed by atoms with Gasteiger partial charge in [0.2, 0.25) is 0 Å². The summed E-state index contributed by atoms with van der Waals surface area (Å²) in [5.74, 6) is -0.346. The Kier molecular flexibility index (Phi) is 2.98. The van der Waals surface area contributed by atoms with E-state index in [1.807, 2.05) is 0 Å². The average molecular weight is 288 g/mol. The molecule has 76 valence electrons. The Bertz CT molecular complexity index is 484. The number of hydrogen-bond acceptors (Lipinski definition) is 2. The molecule has 0 aliphatic carbocycles. The summed E-state index contributed by atoms with van der Waals surface area (Å²) in [6, 6.07) is 4.47. The lowest BCUT2D eigenvalue weighted by atomic mass is 10.1. The SMILES string of the molecule is Fc1cc(Br)cc(-c2nccnc2Cl)c1. The highest BCUT2D eigenvalue weighted by atomic mass is 79.9. The van der Waals surface area contributed by atoms with Crippen LogP contribution in [-0.4, -0.2) is 9.97 Å². The second-order valence-electron chi connectivity index (χ2n) is 2.85. The van der Waals surface area contributed by atoms with Crippen molar-refractivity contribution < 1.29 is 4.39 Å². The third-order valence-electron chi connectivity index (χ3n) is 1.79. The van der Waals surface area contributed by atoms with Crippen molar-refractivity contribution in [3.05, 3.63) is 46.0 Å². The molecule has 0 N–H and O–H groups in total. The van der Waals surface area contributed by atoms with Crippen LogP contribution in [0.5, 0.6) is 0 Å². The lowest BCUT2D eigenvalue weighted by Crippen LogP contribution is -1.88. The van der Waals surface area contributed by atoms with E-state index in [1.165, 1.54) is 24.5 Å². The summed E-state index contributed by atoms with van der Waals surface area (Å²) in [7, 11) is 0. The molecule has 2 nitrogen and oxygen atoms in total. The lowest BCUT2D eigenvalue weighted by Gasteiger charge is -2.03. The van der Waals surface area contributed by atoms with Gasteiger partial charge in [-0.1, -0.05) is 27.5 Å². The van der Waals surface area contributed by atoms with Crippen LogP contribution in [-0.2, 0) is 0 Å². The first-order chi connectivity index (χ1) is 7.16. The average Bonchev–Trinajstić information content (AvgIpc) is 2.16. The number of benzene rings is 1. The first kappa shape index (κ1) is 10.5. The van der Waals surface area contributed by atoms with Gasteiger partial charge in [0.05, 0.1) is 0 Å². The van der Waals surface area contributed by atoms with E-state index in [4.69, 9.17) is 11.6 Å². The van der Waals surface area contributed by atoms with Crippen molar-refractivity contribution in [2.75, 3.05) is 0 Å². The van der Waals surface area contributed by atoms with Crippen LogP contribution < -0.4 is 0 Å². The molecule has 15 heavy (non-hydrogen) atoms. The van der Waals surface area contributed by atoms with Gasteiger partial charge in [0, 0.05) is 22.4 Å². The van der Waals surface area contributed by atoms with Gasteiger partial charge in [0.15, 0.2) is 5.15 Å². The van der Waals surface area contributed by atoms with E-state index in [0.717, 1.165) is 0 Å². The molecule has 0 atom stereocenters. The molecule has 1 aromatic carbocycles. The third kappa shape index (κ3) is 2.33. The maximum Gasteiger partial charge on any atom is 0.155 e. The van der Waals surface area contributed by atoms with Crippen molar-refractivity contribution in [1.29, 1.82) is 0 Å². The van der Waals surface area contributed by atoms with Crippen LogP contribution in [0.3, 0.4) is 0 Å². The van der Waals surface area contributed by atoms with Crippen LogP contribution in [0, 0.1) is 5.82 Å². The fourth-order valence-corrected chi connectivity index (χ4v) is 1.88. The topological polar surface area (TPSA) is 25.8 Å². The molecular weight excluding hydrogens is 282 g/mol. The van der Waals surface area contributed by atoms with E-state index in [1.54, 1.807) is 6.07 Å². The van der Waals surface area contributed by atoms with Crippen molar-refractivity contribution in [2.45, 2.75) is 0 Å². The van der Waals surface area contributed by atoms with Crippen molar-refractivity contribution in [3.8, 4) is 11.3 Å². The van der Waals surface area contributed by atoms with E-state index >= 15 is 0 Å². The van der Waals surface area contributed by atoms with Gasteiger partial charge >= 0.3 is 0 Å². The predicted molar refractivity (Wildman–Crippen MR) is 60.1 cm³/mol. The van der Waals surface area contributed by atoms with Gasteiger partial charge < -0.3 is 0 Å². The Morgan fingerprint density at radius 3 is 2.53 bits per heavy atom. The summed E-state index contributed by atoms with van der Waals surface area (Å²) < 4.78 is 13.8. The van der Waals surface area contributed by atoms with Crippen molar-refractivity contribution in [2.24, 2.45) is 0 Å². The molecule has 0 aliphatic rings. The van der Waals surface area contributed by atoms with Crippen LogP contribution in [0.25, 0.3) is 11.3 Å². The monoisotopic (exact) mass is 286 g/mol. The molecule has 2 rings (SSSR count). The Labute approximate surface area is 99.3 Å². The standard InChI is InChI=1S/C10H5BrClFN2/c11-7-3-6(4-8(13)5-7)9-10(12)15-2-1-14-9/h1-5H. The summed E-state index contributed by atoms with van der Waals surface area (Å²) in [4.78, 5) is 7.93. The van der Waals surface area contributed by atoms with Crippen LogP contribution in [0.2, 0.25) is 5.15 Å². The van der Waals surface area contributed by atoms with Crippen LogP contribution in [0.1, 0.15) is 0 Å². The highest BCUT2D eigenvalue weighted by Crippen LogP contribution is 2.26. The van der Waals surface area contributed by atoms with Gasteiger partial charge in [0.25, 0.3) is 0 Å². The van der Waals surface area contributed by atoms with Gasteiger partial charge in [-0.05, 0) is 18.2 Å². The summed E-state index contributed by atoms with van der Waals surface area (Å²) in [5.41, 5.74) is 1.07. The molecule has 0 radical (unpaired) electrons. The van der Waals surface area contributed by atoms with Gasteiger partial charge in [-0.2, -0.15) is 0 Å². The summed E-state index contributed by atoms with van der Waals surface area (Å²) in [6.45, 7) is 0. The quantitative estimate of drug-likeness (QED) is 0.799. The van der Waals surface area contributed by atoms with Crippen molar-refractivity contribution in [1.82, 2.24) is 9.97 Å². The fourth-order valence-electron chi connectivity index (χ4n) is 1.21. The zero-order chi connectivity index (χ0) is 10.8. The lowest BCUT2D eigenvalue weighted by molar-refractivity contribution is 0.627. The van der Waals surface area contributed by atoms with Crippen molar-refractivity contribution in [3.63, 3.8) is 0 Å². The fraction of sp³-hybridized carbons (Fsp3) is 0. The molecule has 0 unspecified atom stereocenters. The first-order valence-corrected chi connectivity index (χ1v) is 5.27. The molecule has 0 fully saturated rings. The van der Waals surface area contributed by atoms with E-state index in [9.17, 15) is 4.39 Å². The number of rotatable bonds is 1. The van der Waals surface area contributed by atoms with E-state index in [2.05, 4.69) is 25.9 Å². The maximum atomic E-state index is 13.1. The van der Waals surface area contributed by atoms with E-state index < -0.39 is 0 Å². The molecule has 1 aromatic heterocycles. The predicted octanol–water partition coefficient (Wildman–Crippen LogP) is 3.70. The number of halogens is 3. The molecule has 0 saturated carbocycles. The molecule has 0 amide bonds. The maximum absolute atomic E-state index is 13.1. The molecule has 0 spiro atoms. The Hall–Kier alpha value is -1.00. The second kappa shape index (κ2) is 4.24. The first-order valence-electron chi connectivity index (χ1n) is 4.10. The highest BCUT2D eigenvalue weighted by molar-refractivity contribution is 9.10. The van der Waals surface area contributed by atoms with Gasteiger partial charge in [-0.25, -0.2) is 9.37 Å². The number of nitrogens with zero attached hydrogens (tertiary/aromatic N) is 2. The number of aromatic nitrogens is 2. The van der Waals surface area contributed by atoms with Gasteiger partial charge in [0.1, 0.15) is 11.5 Å². The van der Waals surface area contributed by atoms with Crippen LogP contribution >= 0.6 is 27.5 Å². The van der Waals surface area contributed by atoms with Gasteiger partial charge in [-0.15, -0.1) is 0 Å².